The summed E-state index contributed by atoms with van der Waals surface area (Å²) < 4.78 is 38.0. The second-order valence-corrected chi connectivity index (χ2v) is 11.1. The van der Waals surface area contributed by atoms with Gasteiger partial charge in [0.1, 0.15) is 30.3 Å². The predicted octanol–water partition coefficient (Wildman–Crippen LogP) is 6.30. The van der Waals surface area contributed by atoms with E-state index in [-0.39, 0.29) is 34.2 Å². The molecule has 1 unspecified atom stereocenters. The van der Waals surface area contributed by atoms with E-state index < -0.39 is 23.7 Å². The number of aryl methyl sites for hydroxylation is 1. The summed E-state index contributed by atoms with van der Waals surface area (Å²) in [5.74, 6) is 0.0954. The number of rotatable bonds is 13. The van der Waals surface area contributed by atoms with Gasteiger partial charge in [0.2, 0.25) is 0 Å². The molecule has 13 heteroatoms. The molecule has 48 heavy (non-hydrogen) atoms. The molecule has 0 fully saturated rings. The number of aliphatic hydroxyl groups excluding tert-OH is 1. The Balaban J connectivity index is 1.04. The third-order valence-corrected chi connectivity index (χ3v) is 7.90. The van der Waals surface area contributed by atoms with Gasteiger partial charge in [0.25, 0.3) is 11.8 Å². The minimum Gasteiger partial charge on any atom is -0.493 e. The summed E-state index contributed by atoms with van der Waals surface area (Å²) in [5.41, 5.74) is 1.97. The number of aliphatic hydroxyl groups is 1. The number of carbonyl (C=O) groups excluding carboxylic acids is 2. The van der Waals surface area contributed by atoms with E-state index in [1.165, 1.54) is 25.6 Å². The first-order chi connectivity index (χ1) is 23.3. The Hall–Kier alpha value is -5.30. The molecule has 0 saturated heterocycles. The van der Waals surface area contributed by atoms with E-state index in [0.29, 0.717) is 60.0 Å². The van der Waals surface area contributed by atoms with Gasteiger partial charge in [-0.2, -0.15) is 0 Å². The van der Waals surface area contributed by atoms with Crippen LogP contribution in [0.4, 0.5) is 15.9 Å². The fourth-order valence-electron chi connectivity index (χ4n) is 5.26. The van der Waals surface area contributed by atoms with Crippen molar-refractivity contribution in [2.24, 2.45) is 0 Å². The maximum Gasteiger partial charge on any atom is 0.262 e. The summed E-state index contributed by atoms with van der Waals surface area (Å²) in [5, 5.41) is 16.0. The molecule has 3 N–H and O–H groups in total. The summed E-state index contributed by atoms with van der Waals surface area (Å²) >= 11 is 5.94. The minimum atomic E-state index is -1.45. The number of carbonyl (C=O) groups is 2. The number of methoxy groups -OCH3 is 1. The zero-order chi connectivity index (χ0) is 33.6. The Labute approximate surface area is 279 Å². The lowest BCUT2D eigenvalue weighted by molar-refractivity contribution is -0.129. The largest absolute Gasteiger partial charge is 0.493 e. The molecule has 0 radical (unpaired) electrons. The van der Waals surface area contributed by atoms with Gasteiger partial charge in [0.15, 0.2) is 23.4 Å². The highest BCUT2D eigenvalue weighted by molar-refractivity contribution is 6.31. The van der Waals surface area contributed by atoms with Gasteiger partial charge < -0.3 is 29.4 Å². The number of aromatic nitrogens is 2. The van der Waals surface area contributed by atoms with E-state index >= 15 is 0 Å². The molecule has 0 aliphatic carbocycles. The highest BCUT2D eigenvalue weighted by Crippen LogP contribution is 2.36. The van der Waals surface area contributed by atoms with Crippen LogP contribution in [0.25, 0.3) is 10.9 Å². The highest BCUT2D eigenvalue weighted by atomic mass is 35.5. The molecule has 5 aromatic rings. The summed E-state index contributed by atoms with van der Waals surface area (Å²) in [6.45, 7) is 0.976. The van der Waals surface area contributed by atoms with E-state index in [0.717, 1.165) is 5.56 Å². The number of para-hydroxylation sites is 1. The van der Waals surface area contributed by atoms with Crippen molar-refractivity contribution in [2.45, 2.75) is 18.9 Å². The highest BCUT2D eigenvalue weighted by Gasteiger charge is 2.33. The number of anilines is 2. The lowest BCUT2D eigenvalue weighted by Crippen LogP contribution is -2.40. The van der Waals surface area contributed by atoms with Gasteiger partial charge in [-0.15, -0.1) is 0 Å². The van der Waals surface area contributed by atoms with Crippen LogP contribution in [-0.2, 0) is 16.0 Å². The Kier molecular flexibility index (Phi) is 9.95. The summed E-state index contributed by atoms with van der Waals surface area (Å²) in [4.78, 5) is 33.0. The molecule has 4 aromatic carbocycles. The summed E-state index contributed by atoms with van der Waals surface area (Å²) in [7, 11) is 1.53. The Morgan fingerprint density at radius 1 is 0.938 bits per heavy atom. The van der Waals surface area contributed by atoms with E-state index in [1.807, 2.05) is 18.2 Å². The number of hydrogen-bond donors (Lipinski definition) is 3. The fourth-order valence-corrected chi connectivity index (χ4v) is 5.43. The van der Waals surface area contributed by atoms with Crippen LogP contribution in [0, 0.1) is 5.82 Å². The zero-order valence-electron chi connectivity index (χ0n) is 25.7. The minimum absolute atomic E-state index is 0.0105. The van der Waals surface area contributed by atoms with Crippen LogP contribution in [0.1, 0.15) is 34.0 Å². The molecule has 11 nitrogen and oxygen atoms in total. The van der Waals surface area contributed by atoms with Gasteiger partial charge in [-0.1, -0.05) is 48.0 Å². The average Bonchev–Trinajstić information content (AvgIpc) is 3.09. The third kappa shape index (κ3) is 7.00. The number of ether oxygens (including phenoxy) is 4. The first-order valence-corrected chi connectivity index (χ1v) is 15.4. The molecule has 1 aliphatic rings. The van der Waals surface area contributed by atoms with Crippen LogP contribution < -0.4 is 24.8 Å². The van der Waals surface area contributed by atoms with Gasteiger partial charge in [0.05, 0.1) is 35.5 Å². The van der Waals surface area contributed by atoms with Crippen LogP contribution in [0.2, 0.25) is 5.02 Å². The molecule has 1 aromatic heterocycles. The number of hydrogen-bond acceptors (Lipinski definition) is 10. The van der Waals surface area contributed by atoms with Crippen molar-refractivity contribution in [1.82, 2.24) is 15.3 Å². The number of nitrogens with zero attached hydrogens (tertiary/aromatic N) is 2. The quantitative estimate of drug-likeness (QED) is 0.0964. The summed E-state index contributed by atoms with van der Waals surface area (Å²) in [6, 6.07) is 20.3. The SMILES string of the molecule is COc1cc2ncnc(Nc3cccc(Cl)c3F)c2cc1OCCOCCCc1ccccc1Oc1cccc2c1C(=O)NC(=O)C2O. The van der Waals surface area contributed by atoms with Crippen LogP contribution in [0.15, 0.2) is 79.1 Å². The molecule has 1 aliphatic heterocycles. The Bertz CT molecular complexity index is 1990. The van der Waals surface area contributed by atoms with E-state index in [1.54, 1.807) is 42.5 Å². The van der Waals surface area contributed by atoms with Crippen molar-refractivity contribution in [1.29, 1.82) is 0 Å². The van der Waals surface area contributed by atoms with Gasteiger partial charge >= 0.3 is 0 Å². The molecule has 0 bridgehead atoms. The molecular weight excluding hydrogens is 643 g/mol. The number of imide groups is 1. The summed E-state index contributed by atoms with van der Waals surface area (Å²) in [6.07, 6.45) is 1.22. The lowest BCUT2D eigenvalue weighted by Gasteiger charge is -2.23. The predicted molar refractivity (Wildman–Crippen MR) is 176 cm³/mol. The van der Waals surface area contributed by atoms with Gasteiger partial charge in [-0.25, -0.2) is 14.4 Å². The average molecular weight is 673 g/mol. The Morgan fingerprint density at radius 3 is 2.60 bits per heavy atom. The van der Waals surface area contributed by atoms with Crippen molar-refractivity contribution in [3.05, 3.63) is 107 Å². The maximum absolute atomic E-state index is 14.5. The van der Waals surface area contributed by atoms with Crippen molar-refractivity contribution >= 4 is 45.8 Å². The van der Waals surface area contributed by atoms with Crippen molar-refractivity contribution < 1.29 is 38.0 Å². The maximum atomic E-state index is 14.5. The zero-order valence-corrected chi connectivity index (χ0v) is 26.4. The molecule has 0 saturated carbocycles. The first kappa shape index (κ1) is 32.6. The molecule has 2 heterocycles. The number of nitrogens with one attached hydrogen (secondary N) is 2. The monoisotopic (exact) mass is 672 g/mol. The number of fused-ring (bicyclic) bond motifs is 2. The number of benzene rings is 4. The molecule has 1 atom stereocenters. The van der Waals surface area contributed by atoms with Crippen molar-refractivity contribution in [2.75, 3.05) is 32.2 Å². The second-order valence-electron chi connectivity index (χ2n) is 10.7. The normalized spacial score (nSPS) is 14.0. The van der Waals surface area contributed by atoms with Crippen molar-refractivity contribution in [3.63, 3.8) is 0 Å². The standard InChI is InChI=1S/C35H30ClFN4O7/c1-45-28-18-25-22(33(39-19-38-25)40-24-11-5-10-23(36)31(24)37)17-29(28)47-16-15-46-14-6-8-20-7-2-3-12-26(20)48-27-13-4-9-21-30(27)34(43)41-35(44)32(21)42/h2-5,7,9-13,17-19,32,42H,6,8,14-16H2,1H3,(H,38,39,40)(H,41,43,44). The van der Waals surface area contributed by atoms with Crippen LogP contribution >= 0.6 is 11.6 Å². The lowest BCUT2D eigenvalue weighted by atomic mass is 9.96. The fraction of sp³-hybridized carbons (Fsp3) is 0.200. The van der Waals surface area contributed by atoms with Gasteiger partial charge in [-0.05, 0) is 48.7 Å². The van der Waals surface area contributed by atoms with Gasteiger partial charge in [-0.3, -0.25) is 14.9 Å². The molecule has 6 rings (SSSR count). The second kappa shape index (κ2) is 14.6. The number of halogens is 2. The van der Waals surface area contributed by atoms with Crippen molar-refractivity contribution in [3.8, 4) is 23.0 Å². The topological polar surface area (TPSA) is 141 Å². The first-order valence-electron chi connectivity index (χ1n) is 15.0. The third-order valence-electron chi connectivity index (χ3n) is 7.60. The Morgan fingerprint density at radius 2 is 1.75 bits per heavy atom. The van der Waals surface area contributed by atoms with E-state index in [9.17, 15) is 19.1 Å². The molecular formula is C35H30ClFN4O7. The molecule has 246 valence electrons. The molecule has 2 amide bonds. The van der Waals surface area contributed by atoms with E-state index in [2.05, 4.69) is 20.6 Å². The van der Waals surface area contributed by atoms with Crippen LogP contribution in [0.5, 0.6) is 23.0 Å². The smallest absolute Gasteiger partial charge is 0.262 e. The number of amides is 2. The molecule has 0 spiro atoms. The van der Waals surface area contributed by atoms with Gasteiger partial charge in [0, 0.05) is 23.6 Å². The van der Waals surface area contributed by atoms with E-state index in [4.69, 9.17) is 30.5 Å². The van der Waals surface area contributed by atoms with Crippen LogP contribution in [0.3, 0.4) is 0 Å². The van der Waals surface area contributed by atoms with Crippen LogP contribution in [-0.4, -0.2) is 53.8 Å².